The highest BCUT2D eigenvalue weighted by Crippen LogP contribution is 2.16. The number of guanidine groups is 1. The van der Waals surface area contributed by atoms with E-state index >= 15 is 0 Å². The van der Waals surface area contributed by atoms with Crippen LogP contribution in [0.3, 0.4) is 0 Å². The number of aromatic amines is 1. The normalized spacial score (nSPS) is 11.0. The summed E-state index contributed by atoms with van der Waals surface area (Å²) in [5.74, 6) is 2.67. The van der Waals surface area contributed by atoms with Gasteiger partial charge < -0.3 is 20.1 Å². The molecule has 0 aliphatic heterocycles. The van der Waals surface area contributed by atoms with Gasteiger partial charge in [0.2, 0.25) is 0 Å². The molecule has 0 saturated heterocycles. The van der Waals surface area contributed by atoms with E-state index in [1.54, 1.807) is 0 Å². The molecule has 8 heteroatoms. The quantitative estimate of drug-likeness (QED) is 0.283. The van der Waals surface area contributed by atoms with Gasteiger partial charge in [-0.2, -0.15) is 0 Å². The number of nitrogens with one attached hydrogen (secondary N) is 2. The standard InChI is InChI=1S/C22H29N7.HI/c1-5-23-22(26-14-17-11-12-24-21(13-17)28(2)3)29(4)16-20-25-15-19(27-20)18-9-7-6-8-10-18;/h6-13,15H,5,14,16H2,1-4H3,(H,23,26)(H,25,27);1H. The molecule has 2 heterocycles. The molecule has 7 nitrogen and oxygen atoms in total. The van der Waals surface area contributed by atoms with Gasteiger partial charge in [0, 0.05) is 33.9 Å². The smallest absolute Gasteiger partial charge is 0.194 e. The van der Waals surface area contributed by atoms with Gasteiger partial charge in [-0.05, 0) is 30.2 Å². The molecule has 2 N–H and O–H groups in total. The molecule has 3 rings (SSSR count). The predicted molar refractivity (Wildman–Crippen MR) is 134 cm³/mol. The van der Waals surface area contributed by atoms with Gasteiger partial charge in [-0.1, -0.05) is 30.3 Å². The molecule has 2 aromatic heterocycles. The van der Waals surface area contributed by atoms with Crippen LogP contribution in [0.25, 0.3) is 11.3 Å². The molecule has 1 aromatic carbocycles. The first kappa shape index (κ1) is 23.7. The van der Waals surface area contributed by atoms with Crippen LogP contribution in [0, 0.1) is 0 Å². The molecule has 160 valence electrons. The number of nitrogens with zero attached hydrogens (tertiary/aromatic N) is 5. The number of anilines is 1. The van der Waals surface area contributed by atoms with E-state index in [0.717, 1.165) is 41.0 Å². The summed E-state index contributed by atoms with van der Waals surface area (Å²) in [6, 6.07) is 14.3. The molecule has 0 aliphatic carbocycles. The Labute approximate surface area is 195 Å². The summed E-state index contributed by atoms with van der Waals surface area (Å²) in [5, 5.41) is 3.36. The summed E-state index contributed by atoms with van der Waals surface area (Å²) in [5.41, 5.74) is 3.27. The number of hydrogen-bond donors (Lipinski definition) is 2. The van der Waals surface area contributed by atoms with Crippen LogP contribution in [0.4, 0.5) is 5.82 Å². The Morgan fingerprint density at radius 1 is 1.10 bits per heavy atom. The number of aromatic nitrogens is 3. The highest BCUT2D eigenvalue weighted by Gasteiger charge is 2.10. The van der Waals surface area contributed by atoms with Crippen molar-refractivity contribution >= 4 is 35.8 Å². The van der Waals surface area contributed by atoms with Gasteiger partial charge in [-0.15, -0.1) is 24.0 Å². The zero-order chi connectivity index (χ0) is 20.6. The third kappa shape index (κ3) is 6.45. The van der Waals surface area contributed by atoms with Crippen LogP contribution in [0.2, 0.25) is 0 Å². The molecule has 0 bridgehead atoms. The Kier molecular flexibility index (Phi) is 9.10. The molecule has 0 aliphatic rings. The van der Waals surface area contributed by atoms with Gasteiger partial charge in [0.05, 0.1) is 25.0 Å². The molecule has 30 heavy (non-hydrogen) atoms. The van der Waals surface area contributed by atoms with E-state index < -0.39 is 0 Å². The zero-order valence-corrected chi connectivity index (χ0v) is 20.3. The summed E-state index contributed by atoms with van der Waals surface area (Å²) in [7, 11) is 5.99. The molecule has 0 atom stereocenters. The minimum Gasteiger partial charge on any atom is -0.363 e. The first-order valence-electron chi connectivity index (χ1n) is 9.78. The van der Waals surface area contributed by atoms with Gasteiger partial charge in [0.15, 0.2) is 5.96 Å². The van der Waals surface area contributed by atoms with Crippen LogP contribution in [0.15, 0.2) is 59.9 Å². The van der Waals surface area contributed by atoms with E-state index in [1.807, 2.05) is 62.7 Å². The predicted octanol–water partition coefficient (Wildman–Crippen LogP) is 3.75. The molecule has 0 unspecified atom stereocenters. The largest absolute Gasteiger partial charge is 0.363 e. The second kappa shape index (κ2) is 11.5. The Bertz CT molecular complexity index is 937. The van der Waals surface area contributed by atoms with Crippen molar-refractivity contribution in [1.82, 2.24) is 25.2 Å². The topological polar surface area (TPSA) is 72.4 Å². The lowest BCUT2D eigenvalue weighted by atomic mass is 10.2. The maximum atomic E-state index is 4.79. The first-order valence-corrected chi connectivity index (χ1v) is 9.78. The fourth-order valence-corrected chi connectivity index (χ4v) is 2.95. The number of pyridine rings is 1. The molecular formula is C22H30IN7. The van der Waals surface area contributed by atoms with Crippen LogP contribution in [-0.2, 0) is 13.1 Å². The molecule has 0 saturated carbocycles. The van der Waals surface area contributed by atoms with E-state index in [2.05, 4.69) is 50.3 Å². The fraction of sp³-hybridized carbons (Fsp3) is 0.318. The van der Waals surface area contributed by atoms with Crippen molar-refractivity contribution in [2.45, 2.75) is 20.0 Å². The van der Waals surface area contributed by atoms with Crippen molar-refractivity contribution in [3.05, 3.63) is 66.2 Å². The van der Waals surface area contributed by atoms with Crippen LogP contribution in [0.1, 0.15) is 18.3 Å². The number of halogens is 1. The van der Waals surface area contributed by atoms with Gasteiger partial charge in [0.1, 0.15) is 11.6 Å². The van der Waals surface area contributed by atoms with Gasteiger partial charge in [-0.25, -0.2) is 15.0 Å². The van der Waals surface area contributed by atoms with Crippen molar-refractivity contribution < 1.29 is 0 Å². The van der Waals surface area contributed by atoms with Crippen molar-refractivity contribution in [2.75, 3.05) is 32.6 Å². The van der Waals surface area contributed by atoms with Crippen LogP contribution >= 0.6 is 24.0 Å². The first-order chi connectivity index (χ1) is 14.1. The van der Waals surface area contributed by atoms with Gasteiger partial charge in [0.25, 0.3) is 0 Å². The SMILES string of the molecule is CCNC(=NCc1ccnc(N(C)C)c1)N(C)Cc1ncc(-c2ccccc2)[nH]1.I. The summed E-state index contributed by atoms with van der Waals surface area (Å²) in [6.07, 6.45) is 3.70. The van der Waals surface area contributed by atoms with Gasteiger partial charge in [-0.3, -0.25) is 0 Å². The van der Waals surface area contributed by atoms with Gasteiger partial charge >= 0.3 is 0 Å². The van der Waals surface area contributed by atoms with Crippen LogP contribution in [-0.4, -0.2) is 53.5 Å². The Hall–Kier alpha value is -2.62. The summed E-state index contributed by atoms with van der Waals surface area (Å²) in [4.78, 5) is 21.1. The zero-order valence-electron chi connectivity index (χ0n) is 18.0. The number of hydrogen-bond acceptors (Lipinski definition) is 4. The maximum absolute atomic E-state index is 4.79. The Morgan fingerprint density at radius 3 is 2.57 bits per heavy atom. The average Bonchev–Trinajstić information content (AvgIpc) is 3.20. The summed E-state index contributed by atoms with van der Waals surface area (Å²) >= 11 is 0. The molecule has 0 radical (unpaired) electrons. The Morgan fingerprint density at radius 2 is 1.87 bits per heavy atom. The average molecular weight is 519 g/mol. The highest BCUT2D eigenvalue weighted by molar-refractivity contribution is 14.0. The lowest BCUT2D eigenvalue weighted by Crippen LogP contribution is -2.38. The van der Waals surface area contributed by atoms with Crippen molar-refractivity contribution in [3.63, 3.8) is 0 Å². The lowest BCUT2D eigenvalue weighted by molar-refractivity contribution is 0.464. The molecule has 3 aromatic rings. The van der Waals surface area contributed by atoms with Crippen molar-refractivity contribution in [1.29, 1.82) is 0 Å². The highest BCUT2D eigenvalue weighted by atomic mass is 127. The molecule has 0 fully saturated rings. The van der Waals surface area contributed by atoms with E-state index in [-0.39, 0.29) is 24.0 Å². The summed E-state index contributed by atoms with van der Waals surface area (Å²) < 4.78 is 0. The van der Waals surface area contributed by atoms with E-state index in [1.165, 1.54) is 0 Å². The third-order valence-corrected chi connectivity index (χ3v) is 4.48. The number of rotatable bonds is 7. The third-order valence-electron chi connectivity index (χ3n) is 4.48. The Balaban J connectivity index is 0.00000320. The molecule has 0 spiro atoms. The number of benzene rings is 1. The number of aliphatic imine (C=N–C) groups is 1. The minimum absolute atomic E-state index is 0. The minimum atomic E-state index is 0. The number of imidazole rings is 1. The number of H-pyrrole nitrogens is 1. The summed E-state index contributed by atoms with van der Waals surface area (Å²) in [6.45, 7) is 4.09. The van der Waals surface area contributed by atoms with Crippen LogP contribution in [0.5, 0.6) is 0 Å². The second-order valence-electron chi connectivity index (χ2n) is 7.05. The van der Waals surface area contributed by atoms with E-state index in [0.29, 0.717) is 13.1 Å². The monoisotopic (exact) mass is 519 g/mol. The fourth-order valence-electron chi connectivity index (χ4n) is 2.95. The second-order valence-corrected chi connectivity index (χ2v) is 7.05. The van der Waals surface area contributed by atoms with Crippen molar-refractivity contribution in [2.24, 2.45) is 4.99 Å². The molecular weight excluding hydrogens is 489 g/mol. The molecule has 0 amide bonds. The van der Waals surface area contributed by atoms with Crippen LogP contribution < -0.4 is 10.2 Å². The van der Waals surface area contributed by atoms with Crippen molar-refractivity contribution in [3.8, 4) is 11.3 Å². The van der Waals surface area contributed by atoms with E-state index in [4.69, 9.17) is 4.99 Å². The maximum Gasteiger partial charge on any atom is 0.194 e. The van der Waals surface area contributed by atoms with E-state index in [9.17, 15) is 0 Å². The lowest BCUT2D eigenvalue weighted by Gasteiger charge is -2.21.